The second-order valence-electron chi connectivity index (χ2n) is 4.68. The average Bonchev–Trinajstić information content (AvgIpc) is 2.71. The molecule has 1 aromatic heterocycles. The van der Waals surface area contributed by atoms with Crippen molar-refractivity contribution < 1.29 is 4.74 Å². The van der Waals surface area contributed by atoms with Crippen molar-refractivity contribution in [3.63, 3.8) is 0 Å². The molecule has 2 rings (SSSR count). The molecule has 1 atom stereocenters. The van der Waals surface area contributed by atoms with Crippen LogP contribution in [0.3, 0.4) is 0 Å². The van der Waals surface area contributed by atoms with Crippen LogP contribution in [0.4, 0.5) is 0 Å². The van der Waals surface area contributed by atoms with E-state index < -0.39 is 0 Å². The van der Waals surface area contributed by atoms with Crippen LogP contribution in [0.5, 0.6) is 0 Å². The lowest BCUT2D eigenvalue weighted by Gasteiger charge is -2.42. The average molecular weight is 223 g/mol. The van der Waals surface area contributed by atoms with E-state index in [1.807, 2.05) is 17.1 Å². The van der Waals surface area contributed by atoms with Crippen LogP contribution >= 0.6 is 0 Å². The van der Waals surface area contributed by atoms with Crippen molar-refractivity contribution in [1.29, 1.82) is 0 Å². The van der Waals surface area contributed by atoms with Crippen molar-refractivity contribution in [3.8, 4) is 0 Å². The number of nitrogens with two attached hydrogens (primary N) is 1. The molecular weight excluding hydrogens is 202 g/mol. The second kappa shape index (κ2) is 4.55. The van der Waals surface area contributed by atoms with E-state index in [1.54, 1.807) is 7.11 Å². The van der Waals surface area contributed by atoms with Crippen LogP contribution in [-0.2, 0) is 11.3 Å². The highest BCUT2D eigenvalue weighted by molar-refractivity contribution is 5.11. The van der Waals surface area contributed by atoms with E-state index in [1.165, 1.54) is 6.42 Å². The Morgan fingerprint density at radius 3 is 2.81 bits per heavy atom. The first kappa shape index (κ1) is 11.6. The van der Waals surface area contributed by atoms with Gasteiger partial charge < -0.3 is 10.5 Å². The molecule has 1 aromatic rings. The highest BCUT2D eigenvalue weighted by Crippen LogP contribution is 2.41. The normalized spacial score (nSPS) is 20.4. The van der Waals surface area contributed by atoms with Crippen LogP contribution in [0.25, 0.3) is 0 Å². The molecule has 0 spiro atoms. The van der Waals surface area contributed by atoms with Gasteiger partial charge in [-0.05, 0) is 32.6 Å². The summed E-state index contributed by atoms with van der Waals surface area (Å²) in [6.45, 7) is 2.97. The van der Waals surface area contributed by atoms with Crippen molar-refractivity contribution in [2.24, 2.45) is 5.73 Å². The Morgan fingerprint density at radius 2 is 2.38 bits per heavy atom. The number of ether oxygens (including phenoxy) is 1. The Labute approximate surface area is 96.8 Å². The molecule has 0 radical (unpaired) electrons. The van der Waals surface area contributed by atoms with Crippen LogP contribution in [-0.4, -0.2) is 22.5 Å². The number of aromatic nitrogens is 2. The van der Waals surface area contributed by atoms with Crippen molar-refractivity contribution in [3.05, 3.63) is 18.0 Å². The van der Waals surface area contributed by atoms with Gasteiger partial charge in [0.05, 0.1) is 11.8 Å². The van der Waals surface area contributed by atoms with Gasteiger partial charge in [-0.25, -0.2) is 0 Å². The quantitative estimate of drug-likeness (QED) is 0.829. The standard InChI is InChI=1S/C12H21N3O/c1-3-15-9-10(8-14-15)11(13)7-12(16-2)5-4-6-12/h8-9,11H,3-7,13H2,1-2H3. The molecule has 1 heterocycles. The SMILES string of the molecule is CCn1cc(C(N)CC2(OC)CCC2)cn1. The van der Waals surface area contributed by atoms with E-state index in [0.717, 1.165) is 31.4 Å². The molecular formula is C12H21N3O. The predicted molar refractivity (Wildman–Crippen MR) is 63.0 cm³/mol. The summed E-state index contributed by atoms with van der Waals surface area (Å²) < 4.78 is 7.50. The van der Waals surface area contributed by atoms with Gasteiger partial charge in [0.1, 0.15) is 0 Å². The van der Waals surface area contributed by atoms with Gasteiger partial charge in [0.15, 0.2) is 0 Å². The topological polar surface area (TPSA) is 53.1 Å². The summed E-state index contributed by atoms with van der Waals surface area (Å²) >= 11 is 0. The molecule has 4 nitrogen and oxygen atoms in total. The molecule has 0 amide bonds. The summed E-state index contributed by atoms with van der Waals surface area (Å²) in [6, 6.07) is 0.0422. The van der Waals surface area contributed by atoms with Crippen LogP contribution in [0.2, 0.25) is 0 Å². The fraction of sp³-hybridized carbons (Fsp3) is 0.750. The van der Waals surface area contributed by atoms with E-state index in [4.69, 9.17) is 10.5 Å². The van der Waals surface area contributed by atoms with Crippen LogP contribution in [0.15, 0.2) is 12.4 Å². The third-order valence-corrected chi connectivity index (χ3v) is 3.70. The number of methoxy groups -OCH3 is 1. The highest BCUT2D eigenvalue weighted by Gasteiger charge is 2.38. The zero-order chi connectivity index (χ0) is 11.6. The minimum atomic E-state index is 0.0354. The maximum absolute atomic E-state index is 6.20. The predicted octanol–water partition coefficient (Wildman–Crippen LogP) is 1.86. The van der Waals surface area contributed by atoms with Gasteiger partial charge in [-0.1, -0.05) is 0 Å². The van der Waals surface area contributed by atoms with Crippen LogP contribution in [0, 0.1) is 0 Å². The van der Waals surface area contributed by atoms with Crippen LogP contribution < -0.4 is 5.73 Å². The van der Waals surface area contributed by atoms with Crippen molar-refractivity contribution in [1.82, 2.24) is 9.78 Å². The number of rotatable bonds is 5. The molecule has 0 aromatic carbocycles. The Hall–Kier alpha value is -0.870. The molecule has 90 valence electrons. The number of nitrogens with zero attached hydrogens (tertiary/aromatic N) is 2. The lowest BCUT2D eigenvalue weighted by Crippen LogP contribution is -2.41. The number of aryl methyl sites for hydroxylation is 1. The molecule has 16 heavy (non-hydrogen) atoms. The molecule has 1 saturated carbocycles. The highest BCUT2D eigenvalue weighted by atomic mass is 16.5. The van der Waals surface area contributed by atoms with E-state index in [0.29, 0.717) is 0 Å². The van der Waals surface area contributed by atoms with Gasteiger partial charge in [-0.15, -0.1) is 0 Å². The van der Waals surface area contributed by atoms with Crippen molar-refractivity contribution >= 4 is 0 Å². The van der Waals surface area contributed by atoms with E-state index in [9.17, 15) is 0 Å². The third kappa shape index (κ3) is 2.13. The zero-order valence-electron chi connectivity index (χ0n) is 10.1. The Kier molecular flexibility index (Phi) is 3.30. The van der Waals surface area contributed by atoms with Gasteiger partial charge in [-0.3, -0.25) is 4.68 Å². The molecule has 0 saturated heterocycles. The molecule has 1 fully saturated rings. The minimum Gasteiger partial charge on any atom is -0.378 e. The van der Waals surface area contributed by atoms with Gasteiger partial charge >= 0.3 is 0 Å². The van der Waals surface area contributed by atoms with Crippen molar-refractivity contribution in [2.75, 3.05) is 7.11 Å². The monoisotopic (exact) mass is 223 g/mol. The fourth-order valence-electron chi connectivity index (χ4n) is 2.33. The Morgan fingerprint density at radius 1 is 1.62 bits per heavy atom. The molecule has 0 aliphatic heterocycles. The van der Waals surface area contributed by atoms with E-state index in [-0.39, 0.29) is 11.6 Å². The maximum atomic E-state index is 6.20. The molecule has 1 aliphatic rings. The van der Waals surface area contributed by atoms with E-state index >= 15 is 0 Å². The molecule has 1 aliphatic carbocycles. The Bertz CT molecular complexity index is 338. The minimum absolute atomic E-state index is 0.0354. The molecule has 4 heteroatoms. The summed E-state index contributed by atoms with van der Waals surface area (Å²) in [6.07, 6.45) is 8.34. The van der Waals surface area contributed by atoms with E-state index in [2.05, 4.69) is 12.0 Å². The summed E-state index contributed by atoms with van der Waals surface area (Å²) in [5, 5.41) is 4.25. The zero-order valence-corrected chi connectivity index (χ0v) is 10.1. The third-order valence-electron chi connectivity index (χ3n) is 3.70. The van der Waals surface area contributed by atoms with Gasteiger partial charge in [0.2, 0.25) is 0 Å². The maximum Gasteiger partial charge on any atom is 0.0696 e. The lowest BCUT2D eigenvalue weighted by molar-refractivity contribution is -0.0817. The van der Waals surface area contributed by atoms with Gasteiger partial charge in [0.25, 0.3) is 0 Å². The molecule has 2 N–H and O–H groups in total. The fourth-order valence-corrected chi connectivity index (χ4v) is 2.33. The molecule has 0 bridgehead atoms. The van der Waals surface area contributed by atoms with Crippen molar-refractivity contribution in [2.45, 2.75) is 50.8 Å². The summed E-state index contributed by atoms with van der Waals surface area (Å²) in [7, 11) is 1.79. The number of hydrogen-bond acceptors (Lipinski definition) is 3. The summed E-state index contributed by atoms with van der Waals surface area (Å²) in [5.41, 5.74) is 7.35. The first-order chi connectivity index (χ1) is 7.69. The number of hydrogen-bond donors (Lipinski definition) is 1. The first-order valence-electron chi connectivity index (χ1n) is 6.02. The largest absolute Gasteiger partial charge is 0.378 e. The first-order valence-corrected chi connectivity index (χ1v) is 6.02. The van der Waals surface area contributed by atoms with Gasteiger partial charge in [0, 0.05) is 31.5 Å². The molecule has 1 unspecified atom stereocenters. The summed E-state index contributed by atoms with van der Waals surface area (Å²) in [5.74, 6) is 0. The van der Waals surface area contributed by atoms with Crippen LogP contribution in [0.1, 0.15) is 44.2 Å². The Balaban J connectivity index is 1.99. The lowest BCUT2D eigenvalue weighted by atomic mass is 9.75. The smallest absolute Gasteiger partial charge is 0.0696 e. The summed E-state index contributed by atoms with van der Waals surface area (Å²) in [4.78, 5) is 0. The second-order valence-corrected chi connectivity index (χ2v) is 4.68. The van der Waals surface area contributed by atoms with Gasteiger partial charge in [-0.2, -0.15) is 5.10 Å².